The predicted molar refractivity (Wildman–Crippen MR) is 51.9 cm³/mol. The van der Waals surface area contributed by atoms with E-state index in [9.17, 15) is 19.2 Å². The number of carbonyl (C=O) groups excluding carboxylic acids is 4. The third-order valence-corrected chi connectivity index (χ3v) is 1.79. The van der Waals surface area contributed by atoms with Crippen LogP contribution in [0, 0.1) is 5.92 Å². The number of carbonyl (C=O) groups is 4. The van der Waals surface area contributed by atoms with Crippen molar-refractivity contribution in [2.45, 2.75) is 13.8 Å². The summed E-state index contributed by atoms with van der Waals surface area (Å²) in [5.41, 5.74) is 0. The van der Waals surface area contributed by atoms with Crippen LogP contribution in [0.25, 0.3) is 0 Å². The van der Waals surface area contributed by atoms with Gasteiger partial charge in [-0.05, 0) is 0 Å². The molecular formula is C9H14N2O4. The smallest absolute Gasteiger partial charge is 0.287 e. The van der Waals surface area contributed by atoms with E-state index < -0.39 is 29.3 Å². The summed E-state index contributed by atoms with van der Waals surface area (Å²) in [4.78, 5) is 43.5. The summed E-state index contributed by atoms with van der Waals surface area (Å²) < 4.78 is 0. The lowest BCUT2D eigenvalue weighted by Gasteiger charge is -2.09. The molecule has 0 heterocycles. The standard InChI is InChI=1S/C9H14N2O4/c1-5(7(13)9(15)10-3)4-11-8(14)6(2)12/h5H,4H2,1-3H3,(H,10,15)(H,11,14). The van der Waals surface area contributed by atoms with Crippen molar-refractivity contribution >= 4 is 23.4 Å². The topological polar surface area (TPSA) is 92.3 Å². The van der Waals surface area contributed by atoms with Crippen LogP contribution in [0.3, 0.4) is 0 Å². The van der Waals surface area contributed by atoms with Crippen LogP contribution in [0.5, 0.6) is 0 Å². The van der Waals surface area contributed by atoms with E-state index in [-0.39, 0.29) is 6.54 Å². The lowest BCUT2D eigenvalue weighted by Crippen LogP contribution is -2.39. The number of Topliss-reactive ketones (excluding diaryl/α,β-unsaturated/α-hetero) is 2. The van der Waals surface area contributed by atoms with Gasteiger partial charge in [-0.1, -0.05) is 6.92 Å². The average Bonchev–Trinajstić information content (AvgIpc) is 2.22. The second-order valence-corrected chi connectivity index (χ2v) is 3.11. The molecule has 15 heavy (non-hydrogen) atoms. The van der Waals surface area contributed by atoms with E-state index in [0.29, 0.717) is 0 Å². The van der Waals surface area contributed by atoms with Gasteiger partial charge in [-0.25, -0.2) is 0 Å². The van der Waals surface area contributed by atoms with Gasteiger partial charge in [0.15, 0.2) is 0 Å². The molecular weight excluding hydrogens is 200 g/mol. The molecule has 0 aromatic carbocycles. The normalized spacial score (nSPS) is 11.4. The van der Waals surface area contributed by atoms with E-state index in [1.54, 1.807) is 0 Å². The van der Waals surface area contributed by atoms with Crippen molar-refractivity contribution < 1.29 is 19.2 Å². The molecule has 0 bridgehead atoms. The second kappa shape index (κ2) is 5.90. The molecule has 0 rings (SSSR count). The first-order chi connectivity index (χ1) is 6.90. The van der Waals surface area contributed by atoms with Crippen molar-refractivity contribution in [3.63, 3.8) is 0 Å². The molecule has 84 valence electrons. The monoisotopic (exact) mass is 214 g/mol. The molecule has 0 aliphatic carbocycles. The number of hydrogen-bond donors (Lipinski definition) is 2. The fourth-order valence-electron chi connectivity index (χ4n) is 0.810. The molecule has 6 heteroatoms. The van der Waals surface area contributed by atoms with Gasteiger partial charge in [-0.2, -0.15) is 0 Å². The van der Waals surface area contributed by atoms with Crippen LogP contribution in [-0.4, -0.2) is 37.0 Å². The fraction of sp³-hybridized carbons (Fsp3) is 0.556. The molecule has 0 spiro atoms. The van der Waals surface area contributed by atoms with Gasteiger partial charge in [0, 0.05) is 26.4 Å². The molecule has 0 aromatic rings. The van der Waals surface area contributed by atoms with Gasteiger partial charge in [0.1, 0.15) is 0 Å². The summed E-state index contributed by atoms with van der Waals surface area (Å²) in [5, 5.41) is 4.44. The molecule has 0 aromatic heterocycles. The summed E-state index contributed by atoms with van der Waals surface area (Å²) in [6.07, 6.45) is 0. The largest absolute Gasteiger partial charge is 0.353 e. The maximum atomic E-state index is 11.2. The molecule has 2 N–H and O–H groups in total. The Balaban J connectivity index is 4.10. The van der Waals surface area contributed by atoms with Crippen LogP contribution in [0.2, 0.25) is 0 Å². The van der Waals surface area contributed by atoms with Crippen molar-refractivity contribution in [3.8, 4) is 0 Å². The minimum Gasteiger partial charge on any atom is -0.353 e. The Morgan fingerprint density at radius 2 is 1.67 bits per heavy atom. The van der Waals surface area contributed by atoms with Crippen molar-refractivity contribution in [2.75, 3.05) is 13.6 Å². The maximum Gasteiger partial charge on any atom is 0.287 e. The van der Waals surface area contributed by atoms with Crippen LogP contribution >= 0.6 is 0 Å². The van der Waals surface area contributed by atoms with Gasteiger partial charge < -0.3 is 10.6 Å². The molecule has 6 nitrogen and oxygen atoms in total. The summed E-state index contributed by atoms with van der Waals surface area (Å²) in [6.45, 7) is 2.60. The van der Waals surface area contributed by atoms with E-state index in [0.717, 1.165) is 6.92 Å². The third-order valence-electron chi connectivity index (χ3n) is 1.79. The average molecular weight is 214 g/mol. The highest BCUT2D eigenvalue weighted by atomic mass is 16.2. The highest BCUT2D eigenvalue weighted by molar-refractivity contribution is 6.37. The molecule has 0 saturated carbocycles. The van der Waals surface area contributed by atoms with Crippen molar-refractivity contribution in [1.82, 2.24) is 10.6 Å². The molecule has 1 unspecified atom stereocenters. The Bertz CT molecular complexity index is 298. The minimum atomic E-state index is -0.758. The van der Waals surface area contributed by atoms with Crippen LogP contribution in [0.15, 0.2) is 0 Å². The number of likely N-dealkylation sites (N-methyl/N-ethyl adjacent to an activating group) is 1. The highest BCUT2D eigenvalue weighted by Gasteiger charge is 2.20. The van der Waals surface area contributed by atoms with Crippen molar-refractivity contribution in [2.24, 2.45) is 5.92 Å². The van der Waals surface area contributed by atoms with Crippen molar-refractivity contribution in [1.29, 1.82) is 0 Å². The number of nitrogens with one attached hydrogen (secondary N) is 2. The second-order valence-electron chi connectivity index (χ2n) is 3.11. The number of amides is 2. The van der Waals surface area contributed by atoms with Gasteiger partial charge in [0.2, 0.25) is 11.6 Å². The van der Waals surface area contributed by atoms with Gasteiger partial charge in [-0.3, -0.25) is 19.2 Å². The van der Waals surface area contributed by atoms with Gasteiger partial charge in [0.05, 0.1) is 0 Å². The zero-order chi connectivity index (χ0) is 12.0. The first-order valence-electron chi connectivity index (χ1n) is 4.44. The van der Waals surface area contributed by atoms with Gasteiger partial charge in [0.25, 0.3) is 11.8 Å². The Morgan fingerprint density at radius 3 is 2.07 bits per heavy atom. The molecule has 0 saturated heterocycles. The Morgan fingerprint density at radius 1 is 1.13 bits per heavy atom. The van der Waals surface area contributed by atoms with E-state index in [4.69, 9.17) is 0 Å². The summed E-state index contributed by atoms with van der Waals surface area (Å²) in [5.74, 6) is -3.37. The fourth-order valence-corrected chi connectivity index (χ4v) is 0.810. The first kappa shape index (κ1) is 13.3. The maximum absolute atomic E-state index is 11.2. The number of rotatable bonds is 5. The zero-order valence-corrected chi connectivity index (χ0v) is 8.92. The van der Waals surface area contributed by atoms with Gasteiger partial charge in [-0.15, -0.1) is 0 Å². The zero-order valence-electron chi connectivity index (χ0n) is 8.92. The quantitative estimate of drug-likeness (QED) is 0.553. The van der Waals surface area contributed by atoms with Crippen molar-refractivity contribution in [3.05, 3.63) is 0 Å². The summed E-state index contributed by atoms with van der Waals surface area (Å²) >= 11 is 0. The number of hydrogen-bond acceptors (Lipinski definition) is 4. The highest BCUT2D eigenvalue weighted by Crippen LogP contribution is 1.94. The lowest BCUT2D eigenvalue weighted by molar-refractivity contribution is -0.140. The Hall–Kier alpha value is -1.72. The molecule has 0 aliphatic rings. The molecule has 0 radical (unpaired) electrons. The summed E-state index contributed by atoms with van der Waals surface area (Å²) in [7, 11) is 1.35. The molecule has 0 fully saturated rings. The van der Waals surface area contributed by atoms with E-state index in [1.165, 1.54) is 14.0 Å². The van der Waals surface area contributed by atoms with Gasteiger partial charge >= 0.3 is 0 Å². The van der Waals surface area contributed by atoms with Crippen LogP contribution in [-0.2, 0) is 19.2 Å². The van der Waals surface area contributed by atoms with Crippen LogP contribution in [0.4, 0.5) is 0 Å². The minimum absolute atomic E-state index is 0.0231. The number of ketones is 2. The SMILES string of the molecule is CNC(=O)C(=O)C(C)CNC(=O)C(C)=O. The summed E-state index contributed by atoms with van der Waals surface area (Å²) in [6, 6.07) is 0. The van der Waals surface area contributed by atoms with E-state index in [1.807, 2.05) is 0 Å². The Kier molecular flexibility index (Phi) is 5.22. The van der Waals surface area contributed by atoms with Crippen LogP contribution < -0.4 is 10.6 Å². The van der Waals surface area contributed by atoms with Crippen LogP contribution in [0.1, 0.15) is 13.8 Å². The predicted octanol–water partition coefficient (Wildman–Crippen LogP) is -1.36. The van der Waals surface area contributed by atoms with E-state index in [2.05, 4.69) is 10.6 Å². The third kappa shape index (κ3) is 4.35. The lowest BCUT2D eigenvalue weighted by atomic mass is 10.1. The first-order valence-corrected chi connectivity index (χ1v) is 4.44. The Labute approximate surface area is 87.4 Å². The van der Waals surface area contributed by atoms with E-state index >= 15 is 0 Å². The molecule has 2 amide bonds. The molecule has 1 atom stereocenters. The molecule has 0 aliphatic heterocycles.